The van der Waals surface area contributed by atoms with Gasteiger partial charge >= 0.3 is 0 Å². The Balaban J connectivity index is 1.75. The number of hydrogen-bond acceptors (Lipinski definition) is 3. The van der Waals surface area contributed by atoms with Crippen LogP contribution in [0.1, 0.15) is 6.42 Å². The van der Waals surface area contributed by atoms with Crippen LogP contribution in [0.5, 0.6) is 0 Å². The molecule has 0 aromatic heterocycles. The van der Waals surface area contributed by atoms with Gasteiger partial charge in [-0.3, -0.25) is 4.79 Å². The van der Waals surface area contributed by atoms with E-state index in [9.17, 15) is 4.79 Å². The second-order valence-corrected chi connectivity index (χ2v) is 6.31. The highest BCUT2D eigenvalue weighted by molar-refractivity contribution is 9.10. The highest BCUT2D eigenvalue weighted by Gasteiger charge is 2.03. The molecule has 2 aromatic carbocycles. The first-order valence-electron chi connectivity index (χ1n) is 6.17. The van der Waals surface area contributed by atoms with Gasteiger partial charge in [-0.15, -0.1) is 11.8 Å². The summed E-state index contributed by atoms with van der Waals surface area (Å²) in [5, 5.41) is 2.87. The zero-order chi connectivity index (χ0) is 14.4. The van der Waals surface area contributed by atoms with Gasteiger partial charge in [0, 0.05) is 32.9 Å². The maximum absolute atomic E-state index is 11.8. The Kier molecular flexibility index (Phi) is 5.49. The highest BCUT2D eigenvalue weighted by Crippen LogP contribution is 2.20. The number of halogens is 1. The first-order valence-corrected chi connectivity index (χ1v) is 7.95. The predicted octanol–water partition coefficient (Wildman–Crippen LogP) is 4.15. The van der Waals surface area contributed by atoms with Crippen LogP contribution >= 0.6 is 27.7 Å². The zero-order valence-corrected chi connectivity index (χ0v) is 13.2. The van der Waals surface area contributed by atoms with Crippen molar-refractivity contribution in [1.82, 2.24) is 0 Å². The summed E-state index contributed by atoms with van der Waals surface area (Å²) < 4.78 is 0.995. The third-order valence-corrected chi connectivity index (χ3v) is 4.15. The molecule has 0 aliphatic carbocycles. The molecule has 0 spiro atoms. The Labute approximate surface area is 131 Å². The number of thioether (sulfide) groups is 1. The molecule has 0 aliphatic rings. The Morgan fingerprint density at radius 2 is 1.75 bits per heavy atom. The van der Waals surface area contributed by atoms with E-state index in [0.29, 0.717) is 6.42 Å². The summed E-state index contributed by atoms with van der Waals surface area (Å²) in [5.74, 6) is 0.766. The van der Waals surface area contributed by atoms with Crippen molar-refractivity contribution in [1.29, 1.82) is 0 Å². The van der Waals surface area contributed by atoms with E-state index in [2.05, 4.69) is 21.2 Å². The monoisotopic (exact) mass is 350 g/mol. The van der Waals surface area contributed by atoms with Crippen molar-refractivity contribution in [3.8, 4) is 0 Å². The van der Waals surface area contributed by atoms with Crippen LogP contribution in [-0.4, -0.2) is 11.7 Å². The molecule has 104 valence electrons. The number of carbonyl (C=O) groups is 1. The Hall–Kier alpha value is -1.46. The number of nitrogen functional groups attached to an aromatic ring is 1. The van der Waals surface area contributed by atoms with Crippen molar-refractivity contribution < 1.29 is 4.79 Å². The van der Waals surface area contributed by atoms with Gasteiger partial charge in [-0.05, 0) is 48.5 Å². The number of rotatable bonds is 5. The van der Waals surface area contributed by atoms with Gasteiger partial charge in [0.2, 0.25) is 5.91 Å². The minimum absolute atomic E-state index is 0.0234. The van der Waals surface area contributed by atoms with E-state index in [0.717, 1.165) is 26.5 Å². The quantitative estimate of drug-likeness (QED) is 0.628. The van der Waals surface area contributed by atoms with Crippen LogP contribution in [0, 0.1) is 0 Å². The van der Waals surface area contributed by atoms with Gasteiger partial charge in [0.1, 0.15) is 0 Å². The highest BCUT2D eigenvalue weighted by atomic mass is 79.9. The topological polar surface area (TPSA) is 55.1 Å². The summed E-state index contributed by atoms with van der Waals surface area (Å²) in [6, 6.07) is 15.2. The molecular weight excluding hydrogens is 336 g/mol. The summed E-state index contributed by atoms with van der Waals surface area (Å²) in [6.45, 7) is 0. The number of benzene rings is 2. The zero-order valence-electron chi connectivity index (χ0n) is 10.8. The molecular formula is C15H15BrN2OS. The minimum atomic E-state index is 0.0234. The Morgan fingerprint density at radius 3 is 2.40 bits per heavy atom. The van der Waals surface area contributed by atoms with E-state index in [1.54, 1.807) is 11.8 Å². The number of carbonyl (C=O) groups excluding carboxylic acids is 1. The smallest absolute Gasteiger partial charge is 0.225 e. The summed E-state index contributed by atoms with van der Waals surface area (Å²) in [5.41, 5.74) is 7.19. The maximum Gasteiger partial charge on any atom is 0.225 e. The molecule has 20 heavy (non-hydrogen) atoms. The molecule has 3 nitrogen and oxygen atoms in total. The van der Waals surface area contributed by atoms with Crippen LogP contribution in [-0.2, 0) is 4.79 Å². The molecule has 0 aliphatic heterocycles. The van der Waals surface area contributed by atoms with Gasteiger partial charge < -0.3 is 11.1 Å². The second kappa shape index (κ2) is 7.36. The van der Waals surface area contributed by atoms with E-state index in [1.165, 1.54) is 0 Å². The van der Waals surface area contributed by atoms with Gasteiger partial charge in [-0.2, -0.15) is 0 Å². The molecule has 0 saturated heterocycles. The summed E-state index contributed by atoms with van der Waals surface area (Å²) in [6.07, 6.45) is 0.477. The van der Waals surface area contributed by atoms with Gasteiger partial charge in [-0.1, -0.05) is 15.9 Å². The number of amides is 1. The van der Waals surface area contributed by atoms with E-state index in [1.807, 2.05) is 48.5 Å². The van der Waals surface area contributed by atoms with Crippen LogP contribution < -0.4 is 11.1 Å². The molecule has 0 atom stereocenters. The van der Waals surface area contributed by atoms with E-state index < -0.39 is 0 Å². The SMILES string of the molecule is Nc1ccc(SCCC(=O)Nc2ccc(Br)cc2)cc1. The lowest BCUT2D eigenvalue weighted by Crippen LogP contribution is -2.11. The molecule has 0 bridgehead atoms. The molecule has 3 N–H and O–H groups in total. The van der Waals surface area contributed by atoms with Crippen molar-refractivity contribution in [3.63, 3.8) is 0 Å². The van der Waals surface area contributed by atoms with Gasteiger partial charge in [0.25, 0.3) is 0 Å². The fourth-order valence-electron chi connectivity index (χ4n) is 1.58. The number of anilines is 2. The maximum atomic E-state index is 11.8. The average molecular weight is 351 g/mol. The summed E-state index contributed by atoms with van der Waals surface area (Å²) in [7, 11) is 0. The molecule has 5 heteroatoms. The van der Waals surface area contributed by atoms with Crippen molar-refractivity contribution >= 4 is 45.0 Å². The fourth-order valence-corrected chi connectivity index (χ4v) is 2.70. The van der Waals surface area contributed by atoms with Gasteiger partial charge in [-0.25, -0.2) is 0 Å². The van der Waals surface area contributed by atoms with Crippen LogP contribution in [0.2, 0.25) is 0 Å². The molecule has 0 saturated carbocycles. The average Bonchev–Trinajstić information content (AvgIpc) is 2.44. The van der Waals surface area contributed by atoms with Crippen LogP contribution in [0.4, 0.5) is 11.4 Å². The van der Waals surface area contributed by atoms with Crippen molar-refractivity contribution in [2.24, 2.45) is 0 Å². The lowest BCUT2D eigenvalue weighted by Gasteiger charge is -2.05. The van der Waals surface area contributed by atoms with Crippen molar-refractivity contribution in [3.05, 3.63) is 53.0 Å². The number of nitrogens with one attached hydrogen (secondary N) is 1. The molecule has 2 rings (SSSR count). The van der Waals surface area contributed by atoms with Crippen molar-refractivity contribution in [2.45, 2.75) is 11.3 Å². The molecule has 1 amide bonds. The first kappa shape index (κ1) is 14.9. The first-order chi connectivity index (χ1) is 9.63. The lowest BCUT2D eigenvalue weighted by atomic mass is 10.3. The molecule has 0 heterocycles. The van der Waals surface area contributed by atoms with Gasteiger partial charge in [0.05, 0.1) is 0 Å². The fraction of sp³-hybridized carbons (Fsp3) is 0.133. The largest absolute Gasteiger partial charge is 0.399 e. The van der Waals surface area contributed by atoms with Crippen LogP contribution in [0.3, 0.4) is 0 Å². The molecule has 0 radical (unpaired) electrons. The normalized spacial score (nSPS) is 10.2. The lowest BCUT2D eigenvalue weighted by molar-refractivity contribution is -0.115. The Morgan fingerprint density at radius 1 is 1.10 bits per heavy atom. The molecule has 0 fully saturated rings. The third-order valence-electron chi connectivity index (χ3n) is 2.61. The standard InChI is InChI=1S/C15H15BrN2OS/c16-11-1-5-13(6-2-11)18-15(19)9-10-20-14-7-3-12(17)4-8-14/h1-8H,9-10,17H2,(H,18,19). The van der Waals surface area contributed by atoms with E-state index in [-0.39, 0.29) is 5.91 Å². The van der Waals surface area contributed by atoms with E-state index in [4.69, 9.17) is 5.73 Å². The summed E-state index contributed by atoms with van der Waals surface area (Å²) >= 11 is 5.01. The second-order valence-electron chi connectivity index (χ2n) is 4.22. The van der Waals surface area contributed by atoms with Crippen molar-refractivity contribution in [2.75, 3.05) is 16.8 Å². The van der Waals surface area contributed by atoms with Crippen LogP contribution in [0.15, 0.2) is 57.9 Å². The predicted molar refractivity (Wildman–Crippen MR) is 89.0 cm³/mol. The summed E-state index contributed by atoms with van der Waals surface area (Å²) in [4.78, 5) is 12.9. The minimum Gasteiger partial charge on any atom is -0.399 e. The molecule has 2 aromatic rings. The number of nitrogens with two attached hydrogens (primary N) is 1. The van der Waals surface area contributed by atoms with Gasteiger partial charge in [0.15, 0.2) is 0 Å². The third kappa shape index (κ3) is 4.90. The Bertz CT molecular complexity index is 569. The number of hydrogen-bond donors (Lipinski definition) is 2. The van der Waals surface area contributed by atoms with Crippen LogP contribution in [0.25, 0.3) is 0 Å². The van der Waals surface area contributed by atoms with E-state index >= 15 is 0 Å². The molecule has 0 unspecified atom stereocenters.